The van der Waals surface area contributed by atoms with E-state index in [2.05, 4.69) is 10.2 Å². The second kappa shape index (κ2) is 10.4. The molecule has 3 rings (SSSR count). The Hall–Kier alpha value is -2.96. The van der Waals surface area contributed by atoms with Crippen LogP contribution in [0.25, 0.3) is 6.08 Å². The monoisotopic (exact) mass is 421 g/mol. The molecule has 2 aromatic carbocycles. The fraction of sp³-hybridized carbons (Fsp3) is 0.360. The van der Waals surface area contributed by atoms with E-state index in [1.165, 1.54) is 0 Å². The van der Waals surface area contributed by atoms with Gasteiger partial charge in [-0.15, -0.1) is 0 Å². The predicted molar refractivity (Wildman–Crippen MR) is 125 cm³/mol. The zero-order valence-corrected chi connectivity index (χ0v) is 18.8. The number of benzene rings is 2. The Bertz CT molecular complexity index is 964. The lowest BCUT2D eigenvalue weighted by atomic mass is 10.1. The molecule has 6 nitrogen and oxygen atoms in total. The van der Waals surface area contributed by atoms with Crippen LogP contribution in [0.2, 0.25) is 0 Å². The Labute approximate surface area is 184 Å². The van der Waals surface area contributed by atoms with Crippen molar-refractivity contribution in [1.82, 2.24) is 9.80 Å². The minimum Gasteiger partial charge on any atom is -0.497 e. The fourth-order valence-corrected chi connectivity index (χ4v) is 3.69. The minimum absolute atomic E-state index is 0.0335. The number of methoxy groups -OCH3 is 1. The van der Waals surface area contributed by atoms with Crippen molar-refractivity contribution in [3.63, 3.8) is 0 Å². The highest BCUT2D eigenvalue weighted by molar-refractivity contribution is 6.15. The van der Waals surface area contributed by atoms with E-state index in [1.54, 1.807) is 7.11 Å². The first kappa shape index (κ1) is 22.7. The van der Waals surface area contributed by atoms with Crippen molar-refractivity contribution in [3.05, 3.63) is 64.7 Å². The molecule has 0 spiro atoms. The quantitative estimate of drug-likeness (QED) is 0.630. The maximum Gasteiger partial charge on any atom is 0.238 e. The molecule has 164 valence electrons. The number of amides is 1. The topological polar surface area (TPSA) is 61.9 Å². The average molecular weight is 422 g/mol. The summed E-state index contributed by atoms with van der Waals surface area (Å²) in [7, 11) is 7.67. The van der Waals surface area contributed by atoms with Crippen molar-refractivity contribution >= 4 is 23.5 Å². The molecule has 2 aromatic rings. The van der Waals surface area contributed by atoms with Gasteiger partial charge >= 0.3 is 0 Å². The first-order chi connectivity index (χ1) is 14.9. The summed E-state index contributed by atoms with van der Waals surface area (Å²) in [6.07, 6.45) is 3.54. The molecule has 1 N–H and O–H groups in total. The molecule has 1 amide bonds. The molecular weight excluding hydrogens is 390 g/mol. The van der Waals surface area contributed by atoms with Crippen molar-refractivity contribution in [2.24, 2.45) is 0 Å². The van der Waals surface area contributed by atoms with Gasteiger partial charge in [0.05, 0.1) is 13.7 Å². The Morgan fingerprint density at radius 2 is 1.84 bits per heavy atom. The van der Waals surface area contributed by atoms with E-state index in [-0.39, 0.29) is 11.7 Å². The number of carbonyl (C=O) groups excluding carboxylic acids is 2. The lowest BCUT2D eigenvalue weighted by Crippen LogP contribution is -2.32. The van der Waals surface area contributed by atoms with E-state index in [0.29, 0.717) is 13.0 Å². The number of allylic oxidation sites excluding steroid dienone is 1. The van der Waals surface area contributed by atoms with Crippen LogP contribution < -0.4 is 10.1 Å². The predicted octanol–water partition coefficient (Wildman–Crippen LogP) is 3.34. The normalized spacial score (nSPS) is 14.4. The van der Waals surface area contributed by atoms with Crippen molar-refractivity contribution in [2.45, 2.75) is 12.8 Å². The van der Waals surface area contributed by atoms with Crippen molar-refractivity contribution < 1.29 is 14.3 Å². The number of likely N-dealkylation sites (N-methyl/N-ethyl adjacent to an activating group) is 1. The largest absolute Gasteiger partial charge is 0.497 e. The number of fused-ring (bicyclic) bond motifs is 1. The minimum atomic E-state index is -0.0335. The molecular formula is C25H31N3O3. The van der Waals surface area contributed by atoms with Crippen molar-refractivity contribution in [3.8, 4) is 5.75 Å². The van der Waals surface area contributed by atoms with Crippen LogP contribution in [0, 0.1) is 0 Å². The van der Waals surface area contributed by atoms with E-state index in [1.807, 2.05) is 74.6 Å². The van der Waals surface area contributed by atoms with Crippen LogP contribution >= 0.6 is 0 Å². The number of nitrogens with zero attached hydrogens (tertiary/aromatic N) is 2. The zero-order chi connectivity index (χ0) is 22.4. The molecule has 0 heterocycles. The Balaban J connectivity index is 1.56. The molecule has 0 fully saturated rings. The van der Waals surface area contributed by atoms with Crippen LogP contribution in [0.15, 0.2) is 48.0 Å². The van der Waals surface area contributed by atoms with E-state index < -0.39 is 0 Å². The first-order valence-corrected chi connectivity index (χ1v) is 10.5. The number of nitrogens with one attached hydrogen (secondary N) is 1. The summed E-state index contributed by atoms with van der Waals surface area (Å²) >= 11 is 0. The summed E-state index contributed by atoms with van der Waals surface area (Å²) in [5, 5.41) is 2.94. The van der Waals surface area contributed by atoms with Gasteiger partial charge in [0, 0.05) is 23.2 Å². The van der Waals surface area contributed by atoms with Crippen molar-refractivity contribution in [1.29, 1.82) is 0 Å². The van der Waals surface area contributed by atoms with Gasteiger partial charge in [0.2, 0.25) is 5.91 Å². The van der Waals surface area contributed by atoms with Crippen LogP contribution in [0.5, 0.6) is 5.75 Å². The number of ether oxygens (including phenoxy) is 1. The molecule has 6 heteroatoms. The van der Waals surface area contributed by atoms with Gasteiger partial charge in [-0.25, -0.2) is 0 Å². The van der Waals surface area contributed by atoms with Gasteiger partial charge in [-0.05, 0) is 88.2 Å². The number of anilines is 1. The van der Waals surface area contributed by atoms with Gasteiger partial charge in [-0.3, -0.25) is 14.5 Å². The maximum absolute atomic E-state index is 12.7. The van der Waals surface area contributed by atoms with E-state index in [0.717, 1.165) is 53.2 Å². The van der Waals surface area contributed by atoms with E-state index >= 15 is 0 Å². The Morgan fingerprint density at radius 3 is 2.52 bits per heavy atom. The van der Waals surface area contributed by atoms with Gasteiger partial charge in [0.1, 0.15) is 5.75 Å². The SMILES string of the molecule is COc1ccc2c(c1)C/C(=C\c1ccc(NC(=O)CN(C)CCCN(C)C)cc1)C2=O. The Kier molecular flexibility index (Phi) is 7.60. The molecule has 0 aliphatic heterocycles. The summed E-state index contributed by atoms with van der Waals surface area (Å²) in [5.41, 5.74) is 4.18. The van der Waals surface area contributed by atoms with E-state index in [4.69, 9.17) is 4.74 Å². The van der Waals surface area contributed by atoms with Gasteiger partial charge in [0.25, 0.3) is 0 Å². The zero-order valence-electron chi connectivity index (χ0n) is 18.8. The van der Waals surface area contributed by atoms with Gasteiger partial charge in [-0.1, -0.05) is 12.1 Å². The molecule has 1 aliphatic carbocycles. The smallest absolute Gasteiger partial charge is 0.238 e. The van der Waals surface area contributed by atoms with Crippen LogP contribution in [0.1, 0.15) is 27.9 Å². The lowest BCUT2D eigenvalue weighted by Gasteiger charge is -2.17. The van der Waals surface area contributed by atoms with Gasteiger partial charge < -0.3 is 15.0 Å². The number of carbonyl (C=O) groups is 2. The number of ketones is 1. The number of rotatable bonds is 9. The summed E-state index contributed by atoms with van der Waals surface area (Å²) < 4.78 is 5.26. The average Bonchev–Trinajstić information content (AvgIpc) is 3.03. The van der Waals surface area contributed by atoms with Crippen molar-refractivity contribution in [2.75, 3.05) is 53.2 Å². The molecule has 0 saturated carbocycles. The van der Waals surface area contributed by atoms with Crippen LogP contribution in [0.4, 0.5) is 5.69 Å². The molecule has 1 aliphatic rings. The summed E-state index contributed by atoms with van der Waals surface area (Å²) in [5.74, 6) is 0.789. The van der Waals surface area contributed by atoms with Crippen LogP contribution in [-0.2, 0) is 11.2 Å². The highest BCUT2D eigenvalue weighted by atomic mass is 16.5. The molecule has 0 bridgehead atoms. The first-order valence-electron chi connectivity index (χ1n) is 10.5. The van der Waals surface area contributed by atoms with E-state index in [9.17, 15) is 9.59 Å². The van der Waals surface area contributed by atoms with Gasteiger partial charge in [0.15, 0.2) is 5.78 Å². The molecule has 0 atom stereocenters. The van der Waals surface area contributed by atoms with Crippen LogP contribution in [0.3, 0.4) is 0 Å². The van der Waals surface area contributed by atoms with Crippen LogP contribution in [-0.4, -0.2) is 69.4 Å². The molecule has 0 unspecified atom stereocenters. The summed E-state index contributed by atoms with van der Waals surface area (Å²) in [6, 6.07) is 13.1. The summed E-state index contributed by atoms with van der Waals surface area (Å²) in [4.78, 5) is 29.1. The highest BCUT2D eigenvalue weighted by Gasteiger charge is 2.25. The molecule has 31 heavy (non-hydrogen) atoms. The molecule has 0 aromatic heterocycles. The standard InChI is InChI=1S/C25H31N3O3/c1-27(2)12-5-13-28(3)17-24(29)26-21-8-6-18(7-9-21)14-20-15-19-16-22(31-4)10-11-23(19)25(20)30/h6-11,14,16H,5,12-13,15,17H2,1-4H3,(H,26,29)/b20-14+. The fourth-order valence-electron chi connectivity index (χ4n) is 3.69. The highest BCUT2D eigenvalue weighted by Crippen LogP contribution is 2.30. The summed E-state index contributed by atoms with van der Waals surface area (Å²) in [6.45, 7) is 2.24. The molecule has 0 radical (unpaired) electrons. The number of hydrogen-bond donors (Lipinski definition) is 1. The number of hydrogen-bond acceptors (Lipinski definition) is 5. The third kappa shape index (κ3) is 6.26. The second-order valence-corrected chi connectivity index (χ2v) is 8.26. The Morgan fingerprint density at radius 1 is 1.10 bits per heavy atom. The lowest BCUT2D eigenvalue weighted by molar-refractivity contribution is -0.117. The second-order valence-electron chi connectivity index (χ2n) is 8.26. The maximum atomic E-state index is 12.7. The molecule has 0 saturated heterocycles. The third-order valence-electron chi connectivity index (χ3n) is 5.32. The van der Waals surface area contributed by atoms with Gasteiger partial charge in [-0.2, -0.15) is 0 Å². The third-order valence-corrected chi connectivity index (χ3v) is 5.32. The number of Topliss-reactive ketones (excluding diaryl/α,β-unsaturated/α-hetero) is 1.